The summed E-state index contributed by atoms with van der Waals surface area (Å²) in [7, 11) is -3.15. The van der Waals surface area contributed by atoms with Gasteiger partial charge in [0.15, 0.2) is 0 Å². The highest BCUT2D eigenvalue weighted by molar-refractivity contribution is 7.57. The lowest BCUT2D eigenvalue weighted by atomic mass is 10.1. The molecular formula is C10H19O4P. The summed E-state index contributed by atoms with van der Waals surface area (Å²) in [6, 6.07) is 0. The second-order valence-corrected chi connectivity index (χ2v) is 5.01. The van der Waals surface area contributed by atoms with Gasteiger partial charge in [-0.3, -0.25) is 9.36 Å². The van der Waals surface area contributed by atoms with Crippen LogP contribution in [0.1, 0.15) is 27.7 Å². The number of ketones is 1. The first kappa shape index (κ1) is 14.6. The van der Waals surface area contributed by atoms with Crippen LogP contribution >= 0.6 is 7.60 Å². The number of rotatable bonds is 7. The molecule has 0 aromatic carbocycles. The summed E-state index contributed by atoms with van der Waals surface area (Å²) >= 11 is 0. The summed E-state index contributed by atoms with van der Waals surface area (Å²) in [4.78, 5) is 11.0. The molecule has 0 spiro atoms. The van der Waals surface area contributed by atoms with E-state index in [0.717, 1.165) is 0 Å². The molecule has 15 heavy (non-hydrogen) atoms. The fourth-order valence-electron chi connectivity index (χ4n) is 0.853. The Kier molecular flexibility index (Phi) is 6.73. The van der Waals surface area contributed by atoms with Gasteiger partial charge in [0.2, 0.25) is 0 Å². The summed E-state index contributed by atoms with van der Waals surface area (Å²) in [5.41, 5.74) is 0. The molecule has 0 saturated carbocycles. The van der Waals surface area contributed by atoms with Crippen molar-refractivity contribution in [1.82, 2.24) is 0 Å². The third-order valence-electron chi connectivity index (χ3n) is 1.82. The lowest BCUT2D eigenvalue weighted by Gasteiger charge is -2.13. The first-order valence-corrected chi connectivity index (χ1v) is 6.65. The monoisotopic (exact) mass is 234 g/mol. The molecule has 1 atom stereocenters. The number of carbonyl (C=O) groups is 1. The molecule has 0 amide bonds. The minimum Gasteiger partial charge on any atom is -0.306 e. The molecule has 4 nitrogen and oxygen atoms in total. The van der Waals surface area contributed by atoms with E-state index >= 15 is 0 Å². The van der Waals surface area contributed by atoms with Gasteiger partial charge in [-0.15, -0.1) is 0 Å². The van der Waals surface area contributed by atoms with Crippen molar-refractivity contribution in [2.45, 2.75) is 27.7 Å². The molecule has 0 fully saturated rings. The van der Waals surface area contributed by atoms with E-state index in [1.165, 1.54) is 12.7 Å². The Morgan fingerprint density at radius 1 is 1.33 bits per heavy atom. The molecule has 0 aliphatic rings. The maximum absolute atomic E-state index is 11.9. The first-order valence-electron chi connectivity index (χ1n) is 5.03. The van der Waals surface area contributed by atoms with Crippen LogP contribution in [0.2, 0.25) is 0 Å². The molecule has 5 heteroatoms. The summed E-state index contributed by atoms with van der Waals surface area (Å²) in [5, 5.41) is 0. The number of allylic oxidation sites excluding steroid dienone is 1. The topological polar surface area (TPSA) is 52.6 Å². The van der Waals surface area contributed by atoms with Crippen LogP contribution in [0.25, 0.3) is 0 Å². The van der Waals surface area contributed by atoms with Crippen molar-refractivity contribution in [3.63, 3.8) is 0 Å². The van der Waals surface area contributed by atoms with Crippen molar-refractivity contribution in [3.8, 4) is 0 Å². The minimum absolute atomic E-state index is 0.0193. The van der Waals surface area contributed by atoms with E-state index in [0.29, 0.717) is 13.2 Å². The average Bonchev–Trinajstić information content (AvgIpc) is 2.15. The lowest BCUT2D eigenvalue weighted by molar-refractivity contribution is -0.118. The van der Waals surface area contributed by atoms with E-state index in [2.05, 4.69) is 0 Å². The van der Waals surface area contributed by atoms with E-state index in [4.69, 9.17) is 9.05 Å². The molecule has 0 saturated heterocycles. The Morgan fingerprint density at radius 2 is 1.80 bits per heavy atom. The van der Waals surface area contributed by atoms with E-state index in [1.54, 1.807) is 26.8 Å². The van der Waals surface area contributed by atoms with Crippen LogP contribution in [0.15, 0.2) is 11.9 Å². The minimum atomic E-state index is -3.15. The Labute approximate surface area is 91.2 Å². The standard InChI is InChI=1S/C10H19O4P/c1-5-13-15(12,14-6-2)8-7-9(3)10(4)11/h7-9H,5-6H2,1-4H3/b8-7+. The zero-order valence-electron chi connectivity index (χ0n) is 9.73. The Morgan fingerprint density at radius 3 is 2.13 bits per heavy atom. The fraction of sp³-hybridized carbons (Fsp3) is 0.700. The zero-order valence-corrected chi connectivity index (χ0v) is 10.6. The van der Waals surface area contributed by atoms with Crippen molar-refractivity contribution >= 4 is 13.4 Å². The predicted molar refractivity (Wildman–Crippen MR) is 59.8 cm³/mol. The maximum atomic E-state index is 11.9. The van der Waals surface area contributed by atoms with Gasteiger partial charge in [-0.1, -0.05) is 13.0 Å². The van der Waals surface area contributed by atoms with Crippen LogP contribution in [0, 0.1) is 5.92 Å². The Hall–Kier alpha value is -0.440. The second-order valence-electron chi connectivity index (χ2n) is 3.12. The molecule has 0 N–H and O–H groups in total. The third kappa shape index (κ3) is 5.88. The molecule has 0 bridgehead atoms. The zero-order chi connectivity index (χ0) is 11.9. The average molecular weight is 234 g/mol. The van der Waals surface area contributed by atoms with Gasteiger partial charge in [-0.2, -0.15) is 0 Å². The van der Waals surface area contributed by atoms with Gasteiger partial charge in [0.25, 0.3) is 0 Å². The van der Waals surface area contributed by atoms with E-state index < -0.39 is 7.60 Å². The molecular weight excluding hydrogens is 215 g/mol. The van der Waals surface area contributed by atoms with Crippen LogP contribution in [0.3, 0.4) is 0 Å². The quantitative estimate of drug-likeness (QED) is 0.635. The van der Waals surface area contributed by atoms with E-state index in [9.17, 15) is 9.36 Å². The van der Waals surface area contributed by atoms with Gasteiger partial charge in [0, 0.05) is 11.7 Å². The third-order valence-corrected chi connectivity index (χ3v) is 3.59. The van der Waals surface area contributed by atoms with E-state index in [1.807, 2.05) is 0 Å². The number of hydrogen-bond acceptors (Lipinski definition) is 4. The van der Waals surface area contributed by atoms with Crippen LogP contribution in [0.4, 0.5) is 0 Å². The molecule has 0 aliphatic heterocycles. The largest absolute Gasteiger partial charge is 0.353 e. The Balaban J connectivity index is 4.53. The van der Waals surface area contributed by atoms with Crippen molar-refractivity contribution in [1.29, 1.82) is 0 Å². The van der Waals surface area contributed by atoms with Crippen molar-refractivity contribution in [2.75, 3.05) is 13.2 Å². The van der Waals surface area contributed by atoms with Gasteiger partial charge in [0.05, 0.1) is 13.2 Å². The summed E-state index contributed by atoms with van der Waals surface area (Å²) in [5.74, 6) is 1.12. The molecule has 88 valence electrons. The van der Waals surface area contributed by atoms with Crippen LogP contribution in [-0.4, -0.2) is 19.0 Å². The predicted octanol–water partition coefficient (Wildman–Crippen LogP) is 2.99. The molecule has 0 aromatic heterocycles. The maximum Gasteiger partial charge on any atom is 0.353 e. The van der Waals surface area contributed by atoms with Gasteiger partial charge < -0.3 is 9.05 Å². The highest BCUT2D eigenvalue weighted by atomic mass is 31.2. The van der Waals surface area contributed by atoms with Crippen molar-refractivity contribution in [2.24, 2.45) is 5.92 Å². The smallest absolute Gasteiger partial charge is 0.306 e. The highest BCUT2D eigenvalue weighted by Crippen LogP contribution is 2.49. The molecule has 0 heterocycles. The summed E-state index contributed by atoms with van der Waals surface area (Å²) < 4.78 is 22.0. The molecule has 1 unspecified atom stereocenters. The second kappa shape index (κ2) is 6.94. The molecule has 0 aliphatic carbocycles. The summed E-state index contributed by atoms with van der Waals surface area (Å²) in [6.07, 6.45) is 1.56. The number of hydrogen-bond donors (Lipinski definition) is 0. The normalized spacial score (nSPS) is 14.4. The van der Waals surface area contributed by atoms with Crippen molar-refractivity contribution < 1.29 is 18.4 Å². The van der Waals surface area contributed by atoms with Gasteiger partial charge >= 0.3 is 7.60 Å². The summed E-state index contributed by atoms with van der Waals surface area (Å²) in [6.45, 7) is 7.34. The van der Waals surface area contributed by atoms with Crippen molar-refractivity contribution in [3.05, 3.63) is 11.9 Å². The molecule has 0 rings (SSSR count). The highest BCUT2D eigenvalue weighted by Gasteiger charge is 2.19. The van der Waals surface area contributed by atoms with Gasteiger partial charge in [-0.05, 0) is 20.8 Å². The number of Topliss-reactive ketones (excluding diaryl/α,β-unsaturated/α-hetero) is 1. The first-order chi connectivity index (χ1) is 6.95. The lowest BCUT2D eigenvalue weighted by Crippen LogP contribution is -2.02. The Bertz CT molecular complexity index is 263. The number of carbonyl (C=O) groups excluding carboxylic acids is 1. The van der Waals surface area contributed by atoms with E-state index in [-0.39, 0.29) is 11.7 Å². The fourth-order valence-corrected chi connectivity index (χ4v) is 2.29. The van der Waals surface area contributed by atoms with Gasteiger partial charge in [0.1, 0.15) is 5.78 Å². The molecule has 0 aromatic rings. The molecule has 0 radical (unpaired) electrons. The van der Waals surface area contributed by atoms with Crippen LogP contribution in [-0.2, 0) is 18.4 Å². The SMILES string of the molecule is CCOP(=O)(/C=C/C(C)C(C)=O)OCC. The van der Waals surface area contributed by atoms with Crippen LogP contribution < -0.4 is 0 Å². The van der Waals surface area contributed by atoms with Crippen LogP contribution in [0.5, 0.6) is 0 Å². The van der Waals surface area contributed by atoms with Gasteiger partial charge in [-0.25, -0.2) is 0 Å².